The van der Waals surface area contributed by atoms with Gasteiger partial charge in [-0.3, -0.25) is 4.79 Å². The van der Waals surface area contributed by atoms with Crippen LogP contribution < -0.4 is 11.1 Å². The molecule has 20 heavy (non-hydrogen) atoms. The van der Waals surface area contributed by atoms with Crippen molar-refractivity contribution >= 4 is 17.3 Å². The number of carbonyl (C=O) groups is 1. The molecule has 0 atom stereocenters. The maximum atomic E-state index is 11.5. The molecule has 0 spiro atoms. The molecule has 1 aromatic heterocycles. The molecule has 3 rings (SSSR count). The molecule has 0 radical (unpaired) electrons. The first-order valence-corrected chi connectivity index (χ1v) is 6.79. The van der Waals surface area contributed by atoms with Crippen molar-refractivity contribution in [3.05, 3.63) is 34.6 Å². The van der Waals surface area contributed by atoms with Crippen molar-refractivity contribution in [1.29, 1.82) is 0 Å². The highest BCUT2D eigenvalue weighted by molar-refractivity contribution is 6.00. The molecule has 3 N–H and O–H groups in total. The number of anilines is 2. The molecule has 1 amide bonds. The summed E-state index contributed by atoms with van der Waals surface area (Å²) in [6, 6.07) is 3.78. The Morgan fingerprint density at radius 2 is 2.15 bits per heavy atom. The van der Waals surface area contributed by atoms with Crippen molar-refractivity contribution in [1.82, 2.24) is 9.78 Å². The third-order valence-corrected chi connectivity index (χ3v) is 3.90. The quantitative estimate of drug-likeness (QED) is 0.821. The third kappa shape index (κ3) is 1.78. The Morgan fingerprint density at radius 1 is 1.40 bits per heavy atom. The molecule has 0 saturated heterocycles. The lowest BCUT2D eigenvalue weighted by Crippen LogP contribution is -2.05. The van der Waals surface area contributed by atoms with E-state index in [2.05, 4.69) is 17.3 Å². The largest absolute Gasteiger partial charge is 0.397 e. The van der Waals surface area contributed by atoms with E-state index >= 15 is 0 Å². The number of benzene rings is 1. The van der Waals surface area contributed by atoms with Crippen LogP contribution in [0.15, 0.2) is 12.1 Å². The van der Waals surface area contributed by atoms with Crippen LogP contribution in [0.4, 0.5) is 11.4 Å². The third-order valence-electron chi connectivity index (χ3n) is 3.90. The van der Waals surface area contributed by atoms with Gasteiger partial charge in [-0.05, 0) is 43.5 Å². The summed E-state index contributed by atoms with van der Waals surface area (Å²) >= 11 is 0. The van der Waals surface area contributed by atoms with Crippen LogP contribution in [0.2, 0.25) is 0 Å². The van der Waals surface area contributed by atoms with Crippen LogP contribution in [0.1, 0.15) is 29.4 Å². The fourth-order valence-electron chi connectivity index (χ4n) is 2.89. The summed E-state index contributed by atoms with van der Waals surface area (Å²) in [4.78, 5) is 11.5. The number of nitrogen functional groups attached to an aromatic ring is 1. The SMILES string of the molecule is CCc1c(C)nn(-c2cc3c(cc2N)CC(=O)N3)c1C. The average molecular weight is 270 g/mol. The van der Waals surface area contributed by atoms with Gasteiger partial charge in [-0.25, -0.2) is 4.68 Å². The number of aromatic nitrogens is 2. The zero-order valence-electron chi connectivity index (χ0n) is 11.9. The minimum Gasteiger partial charge on any atom is -0.397 e. The number of amides is 1. The second-order valence-electron chi connectivity index (χ2n) is 5.21. The Hall–Kier alpha value is -2.30. The van der Waals surface area contributed by atoms with Gasteiger partial charge in [0.2, 0.25) is 5.91 Å². The molecule has 104 valence electrons. The van der Waals surface area contributed by atoms with Crippen molar-refractivity contribution in [2.45, 2.75) is 33.6 Å². The van der Waals surface area contributed by atoms with Crippen molar-refractivity contribution in [3.8, 4) is 5.69 Å². The summed E-state index contributed by atoms with van der Waals surface area (Å²) in [5.74, 6) is 0.0131. The van der Waals surface area contributed by atoms with E-state index in [9.17, 15) is 4.79 Å². The number of carbonyl (C=O) groups excluding carboxylic acids is 1. The Kier molecular flexibility index (Phi) is 2.78. The first-order chi connectivity index (χ1) is 9.51. The Morgan fingerprint density at radius 3 is 2.80 bits per heavy atom. The average Bonchev–Trinajstić information content (AvgIpc) is 2.87. The summed E-state index contributed by atoms with van der Waals surface area (Å²) in [5, 5.41) is 7.43. The maximum Gasteiger partial charge on any atom is 0.228 e. The first kappa shape index (κ1) is 12.7. The molecule has 5 nitrogen and oxygen atoms in total. The van der Waals surface area contributed by atoms with Crippen LogP contribution >= 0.6 is 0 Å². The van der Waals surface area contributed by atoms with E-state index < -0.39 is 0 Å². The van der Waals surface area contributed by atoms with Gasteiger partial charge < -0.3 is 11.1 Å². The molecule has 2 heterocycles. The van der Waals surface area contributed by atoms with Gasteiger partial charge in [-0.15, -0.1) is 0 Å². The van der Waals surface area contributed by atoms with Crippen molar-refractivity contribution in [3.63, 3.8) is 0 Å². The van der Waals surface area contributed by atoms with Crippen LogP contribution in [0.3, 0.4) is 0 Å². The molecule has 0 saturated carbocycles. The predicted molar refractivity (Wildman–Crippen MR) is 79.2 cm³/mol. The smallest absolute Gasteiger partial charge is 0.228 e. The maximum absolute atomic E-state index is 11.5. The Labute approximate surface area is 117 Å². The van der Waals surface area contributed by atoms with E-state index in [1.165, 1.54) is 5.56 Å². The molecular weight excluding hydrogens is 252 g/mol. The predicted octanol–water partition coefficient (Wildman–Crippen LogP) is 2.13. The fraction of sp³-hybridized carbons (Fsp3) is 0.333. The number of nitrogens with two attached hydrogens (primary N) is 1. The molecule has 5 heteroatoms. The van der Waals surface area contributed by atoms with Crippen LogP contribution in [0.25, 0.3) is 5.69 Å². The van der Waals surface area contributed by atoms with Crippen LogP contribution in [0.5, 0.6) is 0 Å². The lowest BCUT2D eigenvalue weighted by atomic mass is 10.1. The summed E-state index contributed by atoms with van der Waals surface area (Å²) < 4.78 is 1.87. The summed E-state index contributed by atoms with van der Waals surface area (Å²) in [6.45, 7) is 6.17. The van der Waals surface area contributed by atoms with Crippen LogP contribution in [-0.2, 0) is 17.6 Å². The number of rotatable bonds is 2. The molecule has 0 bridgehead atoms. The van der Waals surface area contributed by atoms with E-state index in [4.69, 9.17) is 5.73 Å². The standard InChI is InChI=1S/C15H18N4O/c1-4-11-8(2)18-19(9(11)3)14-7-13-10(5-12(14)16)6-15(20)17-13/h5,7H,4,6,16H2,1-3H3,(H,17,20). The number of nitrogens with one attached hydrogen (secondary N) is 1. The van der Waals surface area contributed by atoms with E-state index in [1.54, 1.807) is 0 Å². The number of fused-ring (bicyclic) bond motifs is 1. The van der Waals surface area contributed by atoms with Crippen LogP contribution in [0, 0.1) is 13.8 Å². The lowest BCUT2D eigenvalue weighted by molar-refractivity contribution is -0.115. The molecule has 1 aromatic carbocycles. The van der Waals surface area contributed by atoms with Crippen molar-refractivity contribution < 1.29 is 4.79 Å². The number of hydrogen-bond acceptors (Lipinski definition) is 3. The molecule has 1 aliphatic heterocycles. The summed E-state index contributed by atoms with van der Waals surface area (Å²) in [7, 11) is 0. The summed E-state index contributed by atoms with van der Waals surface area (Å²) in [5.41, 5.74) is 12.8. The first-order valence-electron chi connectivity index (χ1n) is 6.79. The van der Waals surface area contributed by atoms with Gasteiger partial charge in [-0.2, -0.15) is 5.10 Å². The molecule has 0 unspecified atom stereocenters. The van der Waals surface area contributed by atoms with Gasteiger partial charge in [0.1, 0.15) is 0 Å². The van der Waals surface area contributed by atoms with E-state index in [-0.39, 0.29) is 5.91 Å². The molecule has 1 aliphatic rings. The molecule has 2 aromatic rings. The summed E-state index contributed by atoms with van der Waals surface area (Å²) in [6.07, 6.45) is 1.34. The Balaban J connectivity index is 2.16. The zero-order chi connectivity index (χ0) is 14.4. The highest BCUT2D eigenvalue weighted by Gasteiger charge is 2.21. The second-order valence-corrected chi connectivity index (χ2v) is 5.21. The molecular formula is C15H18N4O. The minimum absolute atomic E-state index is 0.0131. The number of nitrogens with zero attached hydrogens (tertiary/aromatic N) is 2. The van der Waals surface area contributed by atoms with Gasteiger partial charge in [0, 0.05) is 11.4 Å². The molecule has 0 fully saturated rings. The normalized spacial score (nSPS) is 13.4. The van der Waals surface area contributed by atoms with Gasteiger partial charge in [0.25, 0.3) is 0 Å². The van der Waals surface area contributed by atoms with Gasteiger partial charge in [0.15, 0.2) is 0 Å². The second kappa shape index (κ2) is 4.37. The van der Waals surface area contributed by atoms with E-state index in [0.717, 1.165) is 34.7 Å². The van der Waals surface area contributed by atoms with Crippen molar-refractivity contribution in [2.24, 2.45) is 0 Å². The van der Waals surface area contributed by atoms with Gasteiger partial charge in [0.05, 0.1) is 23.5 Å². The van der Waals surface area contributed by atoms with Crippen LogP contribution in [-0.4, -0.2) is 15.7 Å². The van der Waals surface area contributed by atoms with E-state index in [0.29, 0.717) is 12.1 Å². The highest BCUT2D eigenvalue weighted by Crippen LogP contribution is 2.31. The van der Waals surface area contributed by atoms with Gasteiger partial charge in [-0.1, -0.05) is 6.92 Å². The minimum atomic E-state index is 0.0131. The Bertz CT molecular complexity index is 715. The van der Waals surface area contributed by atoms with Crippen molar-refractivity contribution in [2.75, 3.05) is 11.1 Å². The number of hydrogen-bond donors (Lipinski definition) is 2. The monoisotopic (exact) mass is 270 g/mol. The zero-order valence-corrected chi connectivity index (χ0v) is 11.9. The number of aryl methyl sites for hydroxylation is 1. The lowest BCUT2D eigenvalue weighted by Gasteiger charge is -2.11. The van der Waals surface area contributed by atoms with Gasteiger partial charge >= 0.3 is 0 Å². The van der Waals surface area contributed by atoms with E-state index in [1.807, 2.05) is 30.7 Å². The highest BCUT2D eigenvalue weighted by atomic mass is 16.1. The topological polar surface area (TPSA) is 72.9 Å². The molecule has 0 aliphatic carbocycles. The fourth-order valence-corrected chi connectivity index (χ4v) is 2.89.